The van der Waals surface area contributed by atoms with Crippen LogP contribution in [0, 0.1) is 18.8 Å². The zero-order valence-corrected chi connectivity index (χ0v) is 15.5. The highest BCUT2D eigenvalue weighted by Crippen LogP contribution is 2.36. The van der Waals surface area contributed by atoms with Crippen LogP contribution in [0.3, 0.4) is 0 Å². The van der Waals surface area contributed by atoms with E-state index in [1.807, 2.05) is 0 Å². The Morgan fingerprint density at radius 1 is 1.04 bits per heavy atom. The van der Waals surface area contributed by atoms with Crippen molar-refractivity contribution in [3.63, 3.8) is 0 Å². The minimum absolute atomic E-state index is 0.0228. The number of amides is 1. The van der Waals surface area contributed by atoms with Crippen molar-refractivity contribution in [2.75, 3.05) is 13.7 Å². The fourth-order valence-corrected chi connectivity index (χ4v) is 4.40. The molecule has 1 aromatic carbocycles. The lowest BCUT2D eigenvalue weighted by atomic mass is 9.81. The summed E-state index contributed by atoms with van der Waals surface area (Å²) < 4.78 is 4.84. The highest BCUT2D eigenvalue weighted by molar-refractivity contribution is 5.80. The number of hydrogen-bond donors (Lipinski definition) is 0. The average Bonchev–Trinajstić information content (AvgIpc) is 3.03. The molecule has 0 radical (unpaired) electrons. The quantitative estimate of drug-likeness (QED) is 0.787. The maximum Gasteiger partial charge on any atom is 0.308 e. The van der Waals surface area contributed by atoms with Crippen LogP contribution < -0.4 is 0 Å². The van der Waals surface area contributed by atoms with Crippen LogP contribution in [0.4, 0.5) is 0 Å². The summed E-state index contributed by atoms with van der Waals surface area (Å²) in [7, 11) is 1.44. The zero-order valence-electron chi connectivity index (χ0n) is 15.5. The van der Waals surface area contributed by atoms with Gasteiger partial charge in [-0.1, -0.05) is 29.8 Å². The van der Waals surface area contributed by atoms with Crippen LogP contribution in [0.5, 0.6) is 0 Å². The third kappa shape index (κ3) is 3.88. The summed E-state index contributed by atoms with van der Waals surface area (Å²) in [6, 6.07) is 8.99. The number of hydrogen-bond acceptors (Lipinski definition) is 3. The van der Waals surface area contributed by atoms with E-state index < -0.39 is 0 Å². The van der Waals surface area contributed by atoms with E-state index in [1.54, 1.807) is 0 Å². The van der Waals surface area contributed by atoms with Gasteiger partial charge in [0.25, 0.3) is 0 Å². The first-order valence-electron chi connectivity index (χ1n) is 9.44. The van der Waals surface area contributed by atoms with Gasteiger partial charge < -0.3 is 9.64 Å². The lowest BCUT2D eigenvalue weighted by molar-refractivity contribution is -0.148. The van der Waals surface area contributed by atoms with Crippen molar-refractivity contribution in [3.8, 4) is 0 Å². The van der Waals surface area contributed by atoms with Crippen LogP contribution in [-0.2, 0) is 14.3 Å². The molecule has 1 aliphatic carbocycles. The number of ether oxygens (including phenoxy) is 1. The number of methoxy groups -OCH3 is 1. The molecule has 4 nitrogen and oxygen atoms in total. The molecular formula is C21H29NO3. The van der Waals surface area contributed by atoms with Crippen molar-refractivity contribution in [3.05, 3.63) is 35.4 Å². The summed E-state index contributed by atoms with van der Waals surface area (Å²) in [4.78, 5) is 26.7. The second-order valence-corrected chi connectivity index (χ2v) is 7.75. The lowest BCUT2D eigenvalue weighted by Gasteiger charge is -2.31. The Bertz CT molecular complexity index is 617. The van der Waals surface area contributed by atoms with Gasteiger partial charge in [0.15, 0.2) is 0 Å². The van der Waals surface area contributed by atoms with Crippen molar-refractivity contribution in [1.29, 1.82) is 0 Å². The Morgan fingerprint density at radius 3 is 2.24 bits per heavy atom. The third-order valence-electron chi connectivity index (χ3n) is 6.02. The maximum atomic E-state index is 13.0. The fourth-order valence-electron chi connectivity index (χ4n) is 4.40. The molecule has 3 rings (SSSR count). The largest absolute Gasteiger partial charge is 0.469 e. The zero-order chi connectivity index (χ0) is 18.0. The Morgan fingerprint density at radius 2 is 1.64 bits per heavy atom. The van der Waals surface area contributed by atoms with Gasteiger partial charge in [-0.15, -0.1) is 0 Å². The van der Waals surface area contributed by atoms with Crippen molar-refractivity contribution >= 4 is 11.9 Å². The van der Waals surface area contributed by atoms with E-state index in [1.165, 1.54) is 18.2 Å². The second-order valence-electron chi connectivity index (χ2n) is 7.75. The van der Waals surface area contributed by atoms with Gasteiger partial charge >= 0.3 is 5.97 Å². The molecule has 1 amide bonds. The Balaban J connectivity index is 1.59. The van der Waals surface area contributed by atoms with Gasteiger partial charge in [-0.2, -0.15) is 0 Å². The third-order valence-corrected chi connectivity index (χ3v) is 6.02. The Kier molecular flexibility index (Phi) is 5.45. The summed E-state index contributed by atoms with van der Waals surface area (Å²) in [6.07, 6.45) is 4.18. The molecule has 2 aliphatic rings. The standard InChI is InChI=1S/C21H29NO3/c1-14-4-6-16(7-5-14)19-12-15(2)22(13-19)20(23)17-8-10-18(11-9-17)21(24)25-3/h4-7,15,17-19H,8-13H2,1-3H3. The number of rotatable bonds is 3. The van der Waals surface area contributed by atoms with Gasteiger partial charge in [-0.25, -0.2) is 0 Å². The molecule has 1 saturated carbocycles. The van der Waals surface area contributed by atoms with Crippen molar-refractivity contribution in [2.45, 2.75) is 57.9 Å². The van der Waals surface area contributed by atoms with Gasteiger partial charge in [-0.3, -0.25) is 9.59 Å². The predicted octanol–water partition coefficient (Wildman–Crippen LogP) is 3.68. The molecular weight excluding hydrogens is 314 g/mol. The van der Waals surface area contributed by atoms with Gasteiger partial charge in [0, 0.05) is 24.4 Å². The molecule has 1 aliphatic heterocycles. The van der Waals surface area contributed by atoms with E-state index in [-0.39, 0.29) is 29.8 Å². The molecule has 1 aromatic rings. The molecule has 2 unspecified atom stereocenters. The van der Waals surface area contributed by atoms with Crippen molar-refractivity contribution < 1.29 is 14.3 Å². The first-order valence-corrected chi connectivity index (χ1v) is 9.44. The average molecular weight is 343 g/mol. The van der Waals surface area contributed by atoms with Crippen LogP contribution in [0.1, 0.15) is 56.1 Å². The summed E-state index contributed by atoms with van der Waals surface area (Å²) in [5, 5.41) is 0. The normalized spacial score (nSPS) is 29.5. The molecule has 1 heterocycles. The van der Waals surface area contributed by atoms with Gasteiger partial charge in [0.05, 0.1) is 13.0 Å². The summed E-state index contributed by atoms with van der Waals surface area (Å²) in [5.74, 6) is 0.641. The maximum absolute atomic E-state index is 13.0. The Hall–Kier alpha value is -1.84. The van der Waals surface area contributed by atoms with E-state index in [0.29, 0.717) is 5.92 Å². The first kappa shape index (κ1) is 18.0. The number of aryl methyl sites for hydroxylation is 1. The van der Waals surface area contributed by atoms with Crippen molar-refractivity contribution in [1.82, 2.24) is 4.90 Å². The molecule has 4 heteroatoms. The predicted molar refractivity (Wildman–Crippen MR) is 97.2 cm³/mol. The number of carbonyl (C=O) groups is 2. The molecule has 2 atom stereocenters. The molecule has 136 valence electrons. The number of carbonyl (C=O) groups excluding carboxylic acids is 2. The van der Waals surface area contributed by atoms with Crippen LogP contribution in [0.25, 0.3) is 0 Å². The van der Waals surface area contributed by atoms with Gasteiger partial charge in [-0.05, 0) is 51.5 Å². The highest BCUT2D eigenvalue weighted by Gasteiger charge is 2.38. The van der Waals surface area contributed by atoms with Crippen LogP contribution in [0.15, 0.2) is 24.3 Å². The van der Waals surface area contributed by atoms with E-state index in [4.69, 9.17) is 4.74 Å². The highest BCUT2D eigenvalue weighted by atomic mass is 16.5. The topological polar surface area (TPSA) is 46.6 Å². The molecule has 25 heavy (non-hydrogen) atoms. The van der Waals surface area contributed by atoms with Gasteiger partial charge in [0.1, 0.15) is 0 Å². The number of likely N-dealkylation sites (tertiary alicyclic amines) is 1. The minimum atomic E-state index is -0.125. The van der Waals surface area contributed by atoms with E-state index in [9.17, 15) is 9.59 Å². The summed E-state index contributed by atoms with van der Waals surface area (Å²) in [5.41, 5.74) is 2.60. The van der Waals surface area contributed by atoms with Gasteiger partial charge in [0.2, 0.25) is 5.91 Å². The molecule has 0 N–H and O–H groups in total. The molecule has 1 saturated heterocycles. The molecule has 2 fully saturated rings. The molecule has 0 spiro atoms. The molecule has 0 bridgehead atoms. The smallest absolute Gasteiger partial charge is 0.308 e. The first-order chi connectivity index (χ1) is 12.0. The van der Waals surface area contributed by atoms with Crippen LogP contribution in [0.2, 0.25) is 0 Å². The van der Waals surface area contributed by atoms with Crippen LogP contribution >= 0.6 is 0 Å². The van der Waals surface area contributed by atoms with E-state index in [0.717, 1.165) is 38.6 Å². The van der Waals surface area contributed by atoms with E-state index >= 15 is 0 Å². The SMILES string of the molecule is COC(=O)C1CCC(C(=O)N2CC(c3ccc(C)cc3)CC2C)CC1. The summed E-state index contributed by atoms with van der Waals surface area (Å²) in [6.45, 7) is 5.08. The Labute approximate surface area is 150 Å². The molecule has 0 aromatic heterocycles. The number of esters is 1. The van der Waals surface area contributed by atoms with E-state index in [2.05, 4.69) is 43.0 Å². The second kappa shape index (κ2) is 7.59. The van der Waals surface area contributed by atoms with Crippen molar-refractivity contribution in [2.24, 2.45) is 11.8 Å². The van der Waals surface area contributed by atoms with Crippen LogP contribution in [-0.4, -0.2) is 36.5 Å². The monoisotopic (exact) mass is 343 g/mol. The fraction of sp³-hybridized carbons (Fsp3) is 0.619. The summed E-state index contributed by atoms with van der Waals surface area (Å²) >= 11 is 0. The number of nitrogens with zero attached hydrogens (tertiary/aromatic N) is 1. The minimum Gasteiger partial charge on any atom is -0.469 e. The lowest BCUT2D eigenvalue weighted by Crippen LogP contribution is -2.40. The number of benzene rings is 1.